The third-order valence-corrected chi connectivity index (χ3v) is 5.76. The summed E-state index contributed by atoms with van der Waals surface area (Å²) in [6, 6.07) is 11.1. The van der Waals surface area contributed by atoms with Crippen molar-refractivity contribution < 1.29 is 13.6 Å². The second-order valence-electron chi connectivity index (χ2n) is 7.03. The molecule has 0 aliphatic heterocycles. The number of rotatable bonds is 5. The van der Waals surface area contributed by atoms with Gasteiger partial charge in [-0.15, -0.1) is 11.3 Å². The zero-order chi connectivity index (χ0) is 22.1. The van der Waals surface area contributed by atoms with E-state index in [2.05, 4.69) is 5.32 Å². The number of aryl methyl sites for hydroxylation is 1. The Morgan fingerprint density at radius 2 is 1.71 bits per heavy atom. The summed E-state index contributed by atoms with van der Waals surface area (Å²) < 4.78 is 29.3. The van der Waals surface area contributed by atoms with E-state index in [4.69, 9.17) is 0 Å². The molecule has 158 valence electrons. The summed E-state index contributed by atoms with van der Waals surface area (Å²) in [4.78, 5) is 38.6. The number of hydrogen-bond donors (Lipinski definition) is 1. The monoisotopic (exact) mass is 441 g/mol. The van der Waals surface area contributed by atoms with E-state index in [0.717, 1.165) is 4.57 Å². The van der Waals surface area contributed by atoms with E-state index in [0.29, 0.717) is 27.0 Å². The van der Waals surface area contributed by atoms with E-state index < -0.39 is 28.8 Å². The predicted octanol–water partition coefficient (Wildman–Crippen LogP) is 3.50. The number of hydrogen-bond acceptors (Lipinski definition) is 4. The van der Waals surface area contributed by atoms with Crippen LogP contribution >= 0.6 is 11.3 Å². The maximum absolute atomic E-state index is 13.5. The second kappa shape index (κ2) is 8.27. The van der Waals surface area contributed by atoms with Gasteiger partial charge in [-0.25, -0.2) is 13.6 Å². The highest BCUT2D eigenvalue weighted by Gasteiger charge is 2.17. The van der Waals surface area contributed by atoms with Gasteiger partial charge in [0.2, 0.25) is 5.91 Å². The molecule has 2 aromatic carbocycles. The Labute approximate surface area is 179 Å². The summed E-state index contributed by atoms with van der Waals surface area (Å²) in [6.07, 6.45) is 0. The minimum Gasteiger partial charge on any atom is -0.324 e. The number of thiophene rings is 1. The molecule has 0 spiro atoms. The van der Waals surface area contributed by atoms with Crippen LogP contribution in [-0.4, -0.2) is 15.0 Å². The fourth-order valence-corrected chi connectivity index (χ4v) is 4.10. The number of carbonyl (C=O) groups is 1. The Balaban J connectivity index is 1.72. The third kappa shape index (κ3) is 4.17. The summed E-state index contributed by atoms with van der Waals surface area (Å²) in [7, 11) is 0. The summed E-state index contributed by atoms with van der Waals surface area (Å²) in [6.45, 7) is 1.31. The summed E-state index contributed by atoms with van der Waals surface area (Å²) in [5, 5.41) is 4.27. The van der Waals surface area contributed by atoms with Crippen LogP contribution in [0.2, 0.25) is 0 Å². The number of aromatic nitrogens is 2. The lowest BCUT2D eigenvalue weighted by Crippen LogP contribution is -2.41. The Hall–Kier alpha value is -3.59. The van der Waals surface area contributed by atoms with Crippen LogP contribution in [-0.2, 0) is 17.9 Å². The van der Waals surface area contributed by atoms with Gasteiger partial charge >= 0.3 is 5.69 Å². The van der Waals surface area contributed by atoms with Crippen molar-refractivity contribution in [1.82, 2.24) is 9.13 Å². The fraction of sp³-hybridized carbons (Fsp3) is 0.136. The molecule has 1 amide bonds. The average Bonchev–Trinajstić information content (AvgIpc) is 3.22. The van der Waals surface area contributed by atoms with Gasteiger partial charge in [0.15, 0.2) is 0 Å². The zero-order valence-corrected chi connectivity index (χ0v) is 17.2. The Morgan fingerprint density at radius 3 is 2.45 bits per heavy atom. The normalized spacial score (nSPS) is 11.1. The van der Waals surface area contributed by atoms with Crippen LogP contribution < -0.4 is 16.6 Å². The van der Waals surface area contributed by atoms with Crippen LogP contribution in [0.25, 0.3) is 10.2 Å². The first kappa shape index (κ1) is 20.7. The first-order valence-electron chi connectivity index (χ1n) is 9.35. The Bertz CT molecular complexity index is 1400. The Kier molecular flexibility index (Phi) is 5.51. The lowest BCUT2D eigenvalue weighted by molar-refractivity contribution is -0.116. The smallest absolute Gasteiger partial charge is 0.324 e. The molecule has 0 saturated heterocycles. The van der Waals surface area contributed by atoms with Gasteiger partial charge in [0, 0.05) is 5.69 Å². The lowest BCUT2D eigenvalue weighted by atomic mass is 10.2. The molecular formula is C22H17F2N3O3S. The molecule has 9 heteroatoms. The molecule has 0 unspecified atom stereocenters. The SMILES string of the molecule is Cc1ccc(F)cc1NC(=O)Cn1c(=O)n(Cc2ccc(F)cc2)c(=O)c2sccc21. The molecule has 0 saturated carbocycles. The van der Waals surface area contributed by atoms with Gasteiger partial charge in [0.1, 0.15) is 22.9 Å². The van der Waals surface area contributed by atoms with Crippen molar-refractivity contribution in [3.63, 3.8) is 0 Å². The highest BCUT2D eigenvalue weighted by atomic mass is 32.1. The van der Waals surface area contributed by atoms with Crippen molar-refractivity contribution in [3.05, 3.63) is 97.5 Å². The largest absolute Gasteiger partial charge is 0.332 e. The van der Waals surface area contributed by atoms with Crippen LogP contribution in [0.4, 0.5) is 14.5 Å². The number of halogens is 2. The molecular weight excluding hydrogens is 424 g/mol. The van der Waals surface area contributed by atoms with Crippen LogP contribution in [0.15, 0.2) is 63.5 Å². The van der Waals surface area contributed by atoms with Crippen molar-refractivity contribution in [2.75, 3.05) is 5.32 Å². The average molecular weight is 441 g/mol. The summed E-state index contributed by atoms with van der Waals surface area (Å²) >= 11 is 1.17. The number of fused-ring (bicyclic) bond motifs is 1. The molecule has 0 aliphatic carbocycles. The van der Waals surface area contributed by atoms with Crippen LogP contribution in [0, 0.1) is 18.6 Å². The van der Waals surface area contributed by atoms with E-state index >= 15 is 0 Å². The number of nitrogens with zero attached hydrogens (tertiary/aromatic N) is 2. The van der Waals surface area contributed by atoms with Gasteiger partial charge in [0.05, 0.1) is 12.1 Å². The molecule has 2 aromatic heterocycles. The van der Waals surface area contributed by atoms with E-state index in [-0.39, 0.29) is 13.1 Å². The van der Waals surface area contributed by atoms with Gasteiger partial charge < -0.3 is 5.32 Å². The van der Waals surface area contributed by atoms with Gasteiger partial charge in [-0.1, -0.05) is 18.2 Å². The molecule has 0 aliphatic rings. The summed E-state index contributed by atoms with van der Waals surface area (Å²) in [5.41, 5.74) is 0.760. The lowest BCUT2D eigenvalue weighted by Gasteiger charge is -2.13. The van der Waals surface area contributed by atoms with Gasteiger partial charge in [-0.3, -0.25) is 18.7 Å². The molecule has 0 atom stereocenters. The quantitative estimate of drug-likeness (QED) is 0.515. The molecule has 4 aromatic rings. The minimum absolute atomic E-state index is 0.0591. The number of nitrogens with one attached hydrogen (secondary N) is 1. The maximum atomic E-state index is 13.5. The molecule has 0 fully saturated rings. The highest BCUT2D eigenvalue weighted by Crippen LogP contribution is 2.18. The van der Waals surface area contributed by atoms with E-state index in [9.17, 15) is 23.2 Å². The van der Waals surface area contributed by atoms with Gasteiger partial charge in [-0.05, 0) is 53.8 Å². The van der Waals surface area contributed by atoms with Crippen molar-refractivity contribution in [2.24, 2.45) is 0 Å². The maximum Gasteiger partial charge on any atom is 0.332 e. The first-order valence-corrected chi connectivity index (χ1v) is 10.2. The van der Waals surface area contributed by atoms with E-state index in [1.54, 1.807) is 18.4 Å². The zero-order valence-electron chi connectivity index (χ0n) is 16.4. The van der Waals surface area contributed by atoms with E-state index in [1.165, 1.54) is 58.4 Å². The summed E-state index contributed by atoms with van der Waals surface area (Å²) in [5.74, 6) is -1.45. The second-order valence-corrected chi connectivity index (χ2v) is 7.94. The molecule has 0 radical (unpaired) electrons. The van der Waals surface area contributed by atoms with Crippen LogP contribution in [0.1, 0.15) is 11.1 Å². The van der Waals surface area contributed by atoms with Crippen LogP contribution in [0.3, 0.4) is 0 Å². The molecule has 2 heterocycles. The fourth-order valence-electron chi connectivity index (χ4n) is 3.26. The standard InChI is InChI=1S/C22H17F2N3O3S/c1-13-2-5-16(24)10-17(13)25-19(28)12-26-18-8-9-31-20(18)21(29)27(22(26)30)11-14-3-6-15(23)7-4-14/h2-10H,11-12H2,1H3,(H,25,28). The molecule has 6 nitrogen and oxygen atoms in total. The van der Waals surface area contributed by atoms with Crippen molar-refractivity contribution >= 4 is 33.1 Å². The first-order chi connectivity index (χ1) is 14.8. The topological polar surface area (TPSA) is 73.1 Å². The number of amides is 1. The molecule has 0 bridgehead atoms. The van der Waals surface area contributed by atoms with Gasteiger partial charge in [0.25, 0.3) is 5.56 Å². The number of benzene rings is 2. The molecule has 1 N–H and O–H groups in total. The van der Waals surface area contributed by atoms with Gasteiger partial charge in [-0.2, -0.15) is 0 Å². The molecule has 4 rings (SSSR count). The third-order valence-electron chi connectivity index (χ3n) is 4.87. The highest BCUT2D eigenvalue weighted by molar-refractivity contribution is 7.17. The van der Waals surface area contributed by atoms with E-state index in [1.807, 2.05) is 0 Å². The minimum atomic E-state index is -0.661. The number of anilines is 1. The van der Waals surface area contributed by atoms with Crippen molar-refractivity contribution in [1.29, 1.82) is 0 Å². The number of carbonyl (C=O) groups excluding carboxylic acids is 1. The van der Waals surface area contributed by atoms with Crippen molar-refractivity contribution in [2.45, 2.75) is 20.0 Å². The van der Waals surface area contributed by atoms with Crippen LogP contribution in [0.5, 0.6) is 0 Å². The van der Waals surface area contributed by atoms with Crippen molar-refractivity contribution in [3.8, 4) is 0 Å². The molecule has 31 heavy (non-hydrogen) atoms. The predicted molar refractivity (Wildman–Crippen MR) is 116 cm³/mol. The Morgan fingerprint density at radius 1 is 1.00 bits per heavy atom.